The molecule has 0 bridgehead atoms. The summed E-state index contributed by atoms with van der Waals surface area (Å²) in [6, 6.07) is 5.28. The van der Waals surface area contributed by atoms with Crippen LogP contribution in [0.25, 0.3) is 0 Å². The summed E-state index contributed by atoms with van der Waals surface area (Å²) in [4.78, 5) is 38.5. The molecule has 1 aliphatic rings. The second-order valence-corrected chi connectivity index (χ2v) is 8.66. The van der Waals surface area contributed by atoms with Gasteiger partial charge in [-0.3, -0.25) is 9.59 Å². The van der Waals surface area contributed by atoms with Crippen molar-refractivity contribution in [3.05, 3.63) is 45.8 Å². The van der Waals surface area contributed by atoms with E-state index in [1.165, 1.54) is 38.3 Å². The molecule has 34 heavy (non-hydrogen) atoms. The second kappa shape index (κ2) is 9.92. The van der Waals surface area contributed by atoms with Gasteiger partial charge in [0.25, 0.3) is 11.8 Å². The number of thiophene rings is 1. The number of carbonyl (C=O) groups is 3. The summed E-state index contributed by atoms with van der Waals surface area (Å²) in [5.74, 6) is -3.51. The van der Waals surface area contributed by atoms with Crippen LogP contribution in [0.3, 0.4) is 0 Å². The van der Waals surface area contributed by atoms with Gasteiger partial charge in [-0.05, 0) is 62.4 Å². The normalized spacial score (nSPS) is 15.0. The Kier molecular flexibility index (Phi) is 7.39. The van der Waals surface area contributed by atoms with Gasteiger partial charge in [0, 0.05) is 10.4 Å². The minimum Gasteiger partial charge on any atom is -0.497 e. The first-order chi connectivity index (χ1) is 16.0. The first kappa shape index (κ1) is 25.3. The van der Waals surface area contributed by atoms with Gasteiger partial charge in [-0.25, -0.2) is 4.79 Å². The van der Waals surface area contributed by atoms with E-state index in [-0.39, 0.29) is 22.7 Å². The van der Waals surface area contributed by atoms with E-state index >= 15 is 0 Å². The maximum Gasteiger partial charge on any atom is 0.441 e. The zero-order valence-electron chi connectivity index (χ0n) is 18.5. The standard InChI is InChI=1S/C22H24F3N3O5S/c1-3-33-20(31)21(22(23,24)25,27-18(30)12-8-10-13(32-2)11-9-12)28-19-16(17(26)29)14-6-4-5-7-15(14)34-19/h8-11,28H,3-7H2,1-2H3,(H2,26,29)(H,27,30)/t21-/m1/s1. The van der Waals surface area contributed by atoms with Gasteiger partial charge in [0.2, 0.25) is 0 Å². The maximum absolute atomic E-state index is 14.5. The predicted octanol–water partition coefficient (Wildman–Crippen LogP) is 3.40. The Labute approximate surface area is 197 Å². The maximum atomic E-state index is 14.5. The zero-order chi connectivity index (χ0) is 25.1. The lowest BCUT2D eigenvalue weighted by Gasteiger charge is -2.35. The fraction of sp³-hybridized carbons (Fsp3) is 0.409. The first-order valence-corrected chi connectivity index (χ1v) is 11.3. The Morgan fingerprint density at radius 2 is 1.76 bits per heavy atom. The number of anilines is 1. The average Bonchev–Trinajstić information content (AvgIpc) is 3.16. The molecule has 4 N–H and O–H groups in total. The minimum atomic E-state index is -5.35. The number of alkyl halides is 3. The molecule has 0 radical (unpaired) electrons. The van der Waals surface area contributed by atoms with Gasteiger partial charge in [-0.15, -0.1) is 11.3 Å². The van der Waals surface area contributed by atoms with Gasteiger partial charge in [0.15, 0.2) is 0 Å². The summed E-state index contributed by atoms with van der Waals surface area (Å²) in [7, 11) is 1.39. The number of fused-ring (bicyclic) bond motifs is 1. The van der Waals surface area contributed by atoms with Crippen LogP contribution < -0.4 is 21.1 Å². The molecule has 184 valence electrons. The number of nitrogens with two attached hydrogens (primary N) is 1. The zero-order valence-corrected chi connectivity index (χ0v) is 19.3. The molecule has 0 unspecified atom stereocenters. The molecular weight excluding hydrogens is 475 g/mol. The molecule has 2 aromatic rings. The van der Waals surface area contributed by atoms with E-state index in [0.717, 1.165) is 24.2 Å². The van der Waals surface area contributed by atoms with Crippen molar-refractivity contribution in [3.63, 3.8) is 0 Å². The van der Waals surface area contributed by atoms with Crippen molar-refractivity contribution in [2.75, 3.05) is 19.0 Å². The Morgan fingerprint density at radius 1 is 1.12 bits per heavy atom. The van der Waals surface area contributed by atoms with E-state index in [2.05, 4.69) is 5.32 Å². The topological polar surface area (TPSA) is 120 Å². The Morgan fingerprint density at radius 3 is 2.32 bits per heavy atom. The van der Waals surface area contributed by atoms with Crippen molar-refractivity contribution < 1.29 is 37.0 Å². The van der Waals surface area contributed by atoms with Crippen molar-refractivity contribution in [3.8, 4) is 5.75 Å². The van der Waals surface area contributed by atoms with Crippen molar-refractivity contribution in [2.45, 2.75) is 44.4 Å². The number of nitrogens with one attached hydrogen (secondary N) is 2. The number of carbonyl (C=O) groups excluding carboxylic acids is 3. The van der Waals surface area contributed by atoms with E-state index in [1.807, 2.05) is 0 Å². The van der Waals surface area contributed by atoms with Crippen molar-refractivity contribution >= 4 is 34.1 Å². The van der Waals surface area contributed by atoms with Crippen LogP contribution in [0.1, 0.15) is 50.9 Å². The van der Waals surface area contributed by atoms with Crippen LogP contribution in [0.4, 0.5) is 18.2 Å². The van der Waals surface area contributed by atoms with Crippen LogP contribution in [0.5, 0.6) is 5.75 Å². The van der Waals surface area contributed by atoms with Gasteiger partial charge in [-0.1, -0.05) is 0 Å². The van der Waals surface area contributed by atoms with E-state index in [4.69, 9.17) is 15.2 Å². The van der Waals surface area contributed by atoms with Crippen LogP contribution in [-0.4, -0.2) is 43.3 Å². The third-order valence-corrected chi connectivity index (χ3v) is 6.59. The lowest BCUT2D eigenvalue weighted by molar-refractivity contribution is -0.204. The molecule has 2 amide bonds. The van der Waals surface area contributed by atoms with Crippen LogP contribution in [0.2, 0.25) is 0 Å². The van der Waals surface area contributed by atoms with Gasteiger partial charge in [0.05, 0.1) is 19.3 Å². The minimum absolute atomic E-state index is 0.115. The molecule has 8 nitrogen and oxygen atoms in total. The van der Waals surface area contributed by atoms with Gasteiger partial charge < -0.3 is 25.8 Å². The predicted molar refractivity (Wildman–Crippen MR) is 119 cm³/mol. The lowest BCUT2D eigenvalue weighted by atomic mass is 9.95. The summed E-state index contributed by atoms with van der Waals surface area (Å²) in [6.45, 7) is 0.962. The molecule has 1 atom stereocenters. The molecule has 3 rings (SSSR count). The lowest BCUT2D eigenvalue weighted by Crippen LogP contribution is -2.69. The molecule has 1 heterocycles. The summed E-state index contributed by atoms with van der Waals surface area (Å²) in [6.07, 6.45) is -2.75. The quantitative estimate of drug-likeness (QED) is 0.378. The number of amides is 2. The number of methoxy groups -OCH3 is 1. The Hall–Kier alpha value is -3.28. The van der Waals surface area contributed by atoms with Crippen molar-refractivity contribution in [1.29, 1.82) is 0 Å². The molecule has 1 aromatic heterocycles. The third-order valence-electron chi connectivity index (χ3n) is 5.38. The highest BCUT2D eigenvalue weighted by Crippen LogP contribution is 2.42. The fourth-order valence-electron chi connectivity index (χ4n) is 3.70. The molecule has 0 fully saturated rings. The molecule has 0 saturated heterocycles. The van der Waals surface area contributed by atoms with E-state index < -0.39 is 29.6 Å². The van der Waals surface area contributed by atoms with Crippen molar-refractivity contribution in [2.24, 2.45) is 5.73 Å². The molecule has 0 saturated carbocycles. The largest absolute Gasteiger partial charge is 0.497 e. The number of benzene rings is 1. The van der Waals surface area contributed by atoms with E-state index in [0.29, 0.717) is 29.0 Å². The van der Waals surface area contributed by atoms with Gasteiger partial charge in [0.1, 0.15) is 10.8 Å². The van der Waals surface area contributed by atoms with Crippen molar-refractivity contribution in [1.82, 2.24) is 5.32 Å². The third kappa shape index (κ3) is 4.81. The number of hydrogen-bond acceptors (Lipinski definition) is 7. The number of halogens is 3. The van der Waals surface area contributed by atoms with Crippen LogP contribution in [0, 0.1) is 0 Å². The number of hydrogen-bond donors (Lipinski definition) is 3. The van der Waals surface area contributed by atoms with Crippen LogP contribution in [0.15, 0.2) is 24.3 Å². The highest BCUT2D eigenvalue weighted by atomic mass is 32.1. The number of aryl methyl sites for hydroxylation is 1. The molecule has 0 spiro atoms. The fourth-order valence-corrected chi connectivity index (χ4v) is 5.05. The Balaban J connectivity index is 2.10. The molecule has 12 heteroatoms. The molecule has 1 aromatic carbocycles. The number of ether oxygens (including phenoxy) is 2. The molecular formula is C22H24F3N3O5S. The second-order valence-electron chi connectivity index (χ2n) is 7.56. The van der Waals surface area contributed by atoms with Crippen LogP contribution >= 0.6 is 11.3 Å². The summed E-state index contributed by atoms with van der Waals surface area (Å²) < 4.78 is 53.3. The smallest absolute Gasteiger partial charge is 0.441 e. The number of rotatable bonds is 8. The average molecular weight is 500 g/mol. The van der Waals surface area contributed by atoms with Crippen LogP contribution in [-0.2, 0) is 22.4 Å². The van der Waals surface area contributed by atoms with E-state index in [1.54, 1.807) is 5.32 Å². The monoisotopic (exact) mass is 499 g/mol. The summed E-state index contributed by atoms with van der Waals surface area (Å²) >= 11 is 0.909. The molecule has 1 aliphatic carbocycles. The highest BCUT2D eigenvalue weighted by molar-refractivity contribution is 7.16. The first-order valence-electron chi connectivity index (χ1n) is 10.5. The SMILES string of the molecule is CCOC(=O)[C@@](NC(=O)c1ccc(OC)cc1)(Nc1sc2c(c1C(N)=O)CCCC2)C(F)(F)F. The van der Waals surface area contributed by atoms with E-state index in [9.17, 15) is 27.6 Å². The summed E-state index contributed by atoms with van der Waals surface area (Å²) in [5.41, 5.74) is 2.12. The Bertz CT molecular complexity index is 1080. The highest BCUT2D eigenvalue weighted by Gasteiger charge is 2.64. The number of primary amides is 1. The number of esters is 1. The van der Waals surface area contributed by atoms with Gasteiger partial charge >= 0.3 is 17.8 Å². The summed E-state index contributed by atoms with van der Waals surface area (Å²) in [5, 5.41) is 3.63. The molecule has 0 aliphatic heterocycles. The van der Waals surface area contributed by atoms with Gasteiger partial charge in [-0.2, -0.15) is 13.2 Å².